The highest BCUT2D eigenvalue weighted by Gasteiger charge is 2.08. The van der Waals surface area contributed by atoms with E-state index >= 15 is 0 Å². The van der Waals surface area contributed by atoms with Gasteiger partial charge in [-0.1, -0.05) is 0 Å². The Labute approximate surface area is 135 Å². The summed E-state index contributed by atoms with van der Waals surface area (Å²) in [6, 6.07) is 6.37. The summed E-state index contributed by atoms with van der Waals surface area (Å²) in [5.74, 6) is 0.580. The Morgan fingerprint density at radius 2 is 2.00 bits per heavy atom. The highest BCUT2D eigenvalue weighted by molar-refractivity contribution is 7.99. The van der Waals surface area contributed by atoms with Crippen LogP contribution in [0.15, 0.2) is 29.2 Å². The van der Waals surface area contributed by atoms with E-state index in [-0.39, 0.29) is 11.7 Å². The Bertz CT molecular complexity index is 449. The first-order valence-corrected chi connectivity index (χ1v) is 8.81. The molecular weight excluding hydrogens is 301 g/mol. The molecular formula is C16H24FN3OS. The lowest BCUT2D eigenvalue weighted by molar-refractivity contribution is -0.120. The number of halogens is 1. The maximum atomic E-state index is 12.8. The second-order valence-corrected chi connectivity index (χ2v) is 6.52. The Morgan fingerprint density at radius 1 is 1.27 bits per heavy atom. The zero-order valence-electron chi connectivity index (χ0n) is 12.8. The van der Waals surface area contributed by atoms with Crippen molar-refractivity contribution in [2.24, 2.45) is 0 Å². The standard InChI is InChI=1S/C16H24FN3OS/c17-14-2-4-15(5-3-14)22-13-6-16(21)19-7-1-10-20-11-8-18-9-12-20/h2-5,18H,1,6-13H2,(H,19,21). The molecule has 0 atom stereocenters. The van der Waals surface area contributed by atoms with Crippen molar-refractivity contribution in [3.05, 3.63) is 30.1 Å². The van der Waals surface area contributed by atoms with Crippen LogP contribution in [0.25, 0.3) is 0 Å². The predicted molar refractivity (Wildman–Crippen MR) is 88.7 cm³/mol. The van der Waals surface area contributed by atoms with Crippen molar-refractivity contribution < 1.29 is 9.18 Å². The second kappa shape index (κ2) is 9.82. The highest BCUT2D eigenvalue weighted by Crippen LogP contribution is 2.18. The van der Waals surface area contributed by atoms with Gasteiger partial charge >= 0.3 is 0 Å². The maximum Gasteiger partial charge on any atom is 0.220 e. The fourth-order valence-electron chi connectivity index (χ4n) is 2.35. The van der Waals surface area contributed by atoms with Gasteiger partial charge in [-0.15, -0.1) is 11.8 Å². The van der Waals surface area contributed by atoms with Gasteiger partial charge in [-0.2, -0.15) is 0 Å². The summed E-state index contributed by atoms with van der Waals surface area (Å²) in [7, 11) is 0. The first-order valence-electron chi connectivity index (χ1n) is 7.82. The van der Waals surface area contributed by atoms with Gasteiger partial charge < -0.3 is 15.5 Å². The Morgan fingerprint density at radius 3 is 2.73 bits per heavy atom. The molecule has 1 aliphatic heterocycles. The number of thioether (sulfide) groups is 1. The normalized spacial score (nSPS) is 15.7. The quantitative estimate of drug-likeness (QED) is 0.564. The van der Waals surface area contributed by atoms with Gasteiger partial charge in [-0.25, -0.2) is 4.39 Å². The molecule has 0 aromatic heterocycles. The van der Waals surface area contributed by atoms with E-state index in [1.54, 1.807) is 23.9 Å². The Hall–Kier alpha value is -1.11. The lowest BCUT2D eigenvalue weighted by Crippen LogP contribution is -2.44. The number of nitrogens with one attached hydrogen (secondary N) is 2. The minimum atomic E-state index is -0.230. The fourth-order valence-corrected chi connectivity index (χ4v) is 3.20. The molecule has 122 valence electrons. The van der Waals surface area contributed by atoms with E-state index in [2.05, 4.69) is 15.5 Å². The largest absolute Gasteiger partial charge is 0.356 e. The molecule has 4 nitrogen and oxygen atoms in total. The van der Waals surface area contributed by atoms with Crippen molar-refractivity contribution in [1.29, 1.82) is 0 Å². The van der Waals surface area contributed by atoms with Crippen LogP contribution in [0.1, 0.15) is 12.8 Å². The molecule has 0 unspecified atom stereocenters. The van der Waals surface area contributed by atoms with Crippen LogP contribution in [0, 0.1) is 5.82 Å². The average Bonchev–Trinajstić information content (AvgIpc) is 2.54. The van der Waals surface area contributed by atoms with Crippen molar-refractivity contribution >= 4 is 17.7 Å². The summed E-state index contributed by atoms with van der Waals surface area (Å²) >= 11 is 1.58. The van der Waals surface area contributed by atoms with Crippen LogP contribution in [0.3, 0.4) is 0 Å². The molecule has 0 saturated carbocycles. The number of nitrogens with zero attached hydrogens (tertiary/aromatic N) is 1. The number of rotatable bonds is 8. The molecule has 1 saturated heterocycles. The second-order valence-electron chi connectivity index (χ2n) is 5.35. The Balaban J connectivity index is 1.49. The molecule has 0 bridgehead atoms. The van der Waals surface area contributed by atoms with Gasteiger partial charge in [-0.05, 0) is 37.2 Å². The van der Waals surface area contributed by atoms with E-state index in [4.69, 9.17) is 0 Å². The Kier molecular flexibility index (Phi) is 7.70. The van der Waals surface area contributed by atoms with Crippen molar-refractivity contribution in [3.63, 3.8) is 0 Å². The SMILES string of the molecule is O=C(CCSc1ccc(F)cc1)NCCCN1CCNCC1. The van der Waals surface area contributed by atoms with Gasteiger partial charge in [0.1, 0.15) is 5.82 Å². The van der Waals surface area contributed by atoms with Gasteiger partial charge in [0, 0.05) is 49.8 Å². The van der Waals surface area contributed by atoms with Gasteiger partial charge in [-0.3, -0.25) is 4.79 Å². The molecule has 0 radical (unpaired) electrons. The summed E-state index contributed by atoms with van der Waals surface area (Å²) in [4.78, 5) is 15.1. The molecule has 1 aromatic rings. The molecule has 2 rings (SSSR count). The summed E-state index contributed by atoms with van der Waals surface area (Å²) < 4.78 is 12.8. The smallest absolute Gasteiger partial charge is 0.220 e. The topological polar surface area (TPSA) is 44.4 Å². The van der Waals surface area contributed by atoms with Crippen molar-refractivity contribution in [2.75, 3.05) is 45.0 Å². The number of carbonyl (C=O) groups is 1. The molecule has 22 heavy (non-hydrogen) atoms. The van der Waals surface area contributed by atoms with Crippen LogP contribution in [0.4, 0.5) is 4.39 Å². The molecule has 1 aliphatic rings. The fraction of sp³-hybridized carbons (Fsp3) is 0.562. The third-order valence-electron chi connectivity index (χ3n) is 3.59. The van der Waals surface area contributed by atoms with Crippen molar-refractivity contribution in [1.82, 2.24) is 15.5 Å². The van der Waals surface area contributed by atoms with Crippen molar-refractivity contribution in [3.8, 4) is 0 Å². The minimum Gasteiger partial charge on any atom is -0.356 e. The van der Waals surface area contributed by atoms with E-state index < -0.39 is 0 Å². The predicted octanol–water partition coefficient (Wildman–Crippen LogP) is 1.72. The van der Waals surface area contributed by atoms with E-state index in [0.29, 0.717) is 6.42 Å². The number of amides is 1. The molecule has 6 heteroatoms. The number of carbonyl (C=O) groups excluding carboxylic acids is 1. The third kappa shape index (κ3) is 6.77. The number of hydrogen-bond donors (Lipinski definition) is 2. The van der Waals surface area contributed by atoms with E-state index in [0.717, 1.165) is 56.3 Å². The monoisotopic (exact) mass is 325 g/mol. The van der Waals surface area contributed by atoms with Crippen LogP contribution in [0.2, 0.25) is 0 Å². The zero-order chi connectivity index (χ0) is 15.6. The number of piperazine rings is 1. The molecule has 1 amide bonds. The first-order chi connectivity index (χ1) is 10.7. The van der Waals surface area contributed by atoms with Gasteiger partial charge in [0.25, 0.3) is 0 Å². The van der Waals surface area contributed by atoms with Gasteiger partial charge in [0.15, 0.2) is 0 Å². The molecule has 0 spiro atoms. The summed E-state index contributed by atoms with van der Waals surface area (Å²) in [5.41, 5.74) is 0. The van der Waals surface area contributed by atoms with Crippen LogP contribution < -0.4 is 10.6 Å². The minimum absolute atomic E-state index is 0.0925. The number of benzene rings is 1. The number of hydrogen-bond acceptors (Lipinski definition) is 4. The lowest BCUT2D eigenvalue weighted by Gasteiger charge is -2.27. The lowest BCUT2D eigenvalue weighted by atomic mass is 10.3. The molecule has 1 fully saturated rings. The van der Waals surface area contributed by atoms with E-state index in [1.807, 2.05) is 0 Å². The third-order valence-corrected chi connectivity index (χ3v) is 4.61. The van der Waals surface area contributed by atoms with E-state index in [1.165, 1.54) is 12.1 Å². The molecule has 2 N–H and O–H groups in total. The molecule has 1 aromatic carbocycles. The van der Waals surface area contributed by atoms with Gasteiger partial charge in [0.2, 0.25) is 5.91 Å². The summed E-state index contributed by atoms with van der Waals surface area (Å²) in [6.07, 6.45) is 1.49. The van der Waals surface area contributed by atoms with E-state index in [9.17, 15) is 9.18 Å². The van der Waals surface area contributed by atoms with Crippen LogP contribution in [0.5, 0.6) is 0 Å². The molecule has 1 heterocycles. The first kappa shape index (κ1) is 17.2. The zero-order valence-corrected chi connectivity index (χ0v) is 13.6. The maximum absolute atomic E-state index is 12.8. The summed E-state index contributed by atoms with van der Waals surface area (Å²) in [5, 5.41) is 6.29. The van der Waals surface area contributed by atoms with Crippen LogP contribution in [-0.2, 0) is 4.79 Å². The van der Waals surface area contributed by atoms with Gasteiger partial charge in [0.05, 0.1) is 0 Å². The average molecular weight is 325 g/mol. The summed E-state index contributed by atoms with van der Waals surface area (Å²) in [6.45, 7) is 6.11. The van der Waals surface area contributed by atoms with Crippen LogP contribution >= 0.6 is 11.8 Å². The van der Waals surface area contributed by atoms with Crippen molar-refractivity contribution in [2.45, 2.75) is 17.7 Å². The molecule has 0 aliphatic carbocycles. The highest BCUT2D eigenvalue weighted by atomic mass is 32.2. The van der Waals surface area contributed by atoms with Crippen LogP contribution in [-0.4, -0.2) is 55.8 Å².